The van der Waals surface area contributed by atoms with Gasteiger partial charge in [0, 0.05) is 0 Å². The van der Waals surface area contributed by atoms with Gasteiger partial charge in [0.05, 0.1) is 0 Å². The van der Waals surface area contributed by atoms with Gasteiger partial charge in [-0.1, -0.05) is 4.13 Å². The van der Waals surface area contributed by atoms with E-state index in [-0.39, 0.29) is 0 Å². The van der Waals surface area contributed by atoms with E-state index in [0.29, 0.717) is 16.5 Å². The molecule has 0 aliphatic carbocycles. The first-order valence-corrected chi connectivity index (χ1v) is 8.27. The minimum absolute atomic E-state index is 0.493. The number of hydrogen-bond acceptors (Lipinski definition) is 6. The molecule has 0 aliphatic heterocycles. The normalized spacial score (nSPS) is 14.4. The van der Waals surface area contributed by atoms with E-state index in [2.05, 4.69) is 0 Å². The van der Waals surface area contributed by atoms with Crippen LogP contribution in [0.3, 0.4) is 0 Å². The Morgan fingerprint density at radius 1 is 0.700 bits per heavy atom. The number of nitrogens with one attached hydrogen (secondary N) is 1. The molecule has 0 atom stereocenters. The number of rotatable bonds is 2. The fourth-order valence-corrected chi connectivity index (χ4v) is 2.15. The summed E-state index contributed by atoms with van der Waals surface area (Å²) in [5.41, 5.74) is -12.3. The van der Waals surface area contributed by atoms with Crippen LogP contribution in [0.5, 0.6) is 0 Å². The van der Waals surface area contributed by atoms with Gasteiger partial charge in [-0.25, -0.2) is 16.8 Å². The average molecular weight is 371 g/mol. The van der Waals surface area contributed by atoms with E-state index in [1.807, 2.05) is 0 Å². The molecule has 0 saturated heterocycles. The van der Waals surface area contributed by atoms with Crippen molar-refractivity contribution in [3.8, 4) is 0 Å². The summed E-state index contributed by atoms with van der Waals surface area (Å²) >= 11 is 0.493. The third kappa shape index (κ3) is 8.96. The third-order valence-corrected chi connectivity index (χ3v) is 3.80. The van der Waals surface area contributed by atoms with Gasteiger partial charge >= 0.3 is 68.2 Å². The average Bonchev–Trinajstić information content (AvgIpc) is 1.92. The van der Waals surface area contributed by atoms with Crippen molar-refractivity contribution in [3.63, 3.8) is 0 Å². The van der Waals surface area contributed by atoms with Gasteiger partial charge < -0.3 is 0 Å². The minimum atomic E-state index is -6.60. The molecule has 0 amide bonds. The molecular formula is C2HF7LiNO6S3. The van der Waals surface area contributed by atoms with E-state index in [1.54, 1.807) is 0 Å². The van der Waals surface area contributed by atoms with Gasteiger partial charge in [-0.05, 0) is 0 Å². The zero-order valence-corrected chi connectivity index (χ0v) is 11.3. The quantitative estimate of drug-likeness (QED) is 0.403. The molecule has 0 fully saturated rings. The van der Waals surface area contributed by atoms with E-state index in [4.69, 9.17) is 8.42 Å². The molecule has 18 heteroatoms. The molecule has 0 spiro atoms. The standard InChI is InChI=1S/C2HF6NO4S2.FO2S.Li/c3-1(4,5)14(10,11)9-15(12,13)2(6,7)8;1-4(2)3;/h9H;;. The van der Waals surface area contributed by atoms with Crippen molar-refractivity contribution >= 4 is 44.9 Å². The molecule has 0 radical (unpaired) electrons. The van der Waals surface area contributed by atoms with Crippen LogP contribution >= 0.6 is 0 Å². The van der Waals surface area contributed by atoms with E-state index in [1.165, 1.54) is 0 Å². The van der Waals surface area contributed by atoms with Crippen LogP contribution in [0.2, 0.25) is 0 Å². The molecule has 0 aromatic rings. The molecule has 0 heterocycles. The van der Waals surface area contributed by atoms with Gasteiger partial charge in [0.1, 0.15) is 0 Å². The van der Waals surface area contributed by atoms with Gasteiger partial charge in [-0.15, -0.1) is 0 Å². The summed E-state index contributed by atoms with van der Waals surface area (Å²) < 4.78 is 137. The fourth-order valence-electron chi connectivity index (χ4n) is 0.239. The fraction of sp³-hybridized carbons (Fsp3) is 1.00. The van der Waals surface area contributed by atoms with Crippen LogP contribution in [0.1, 0.15) is 0 Å². The molecular weight excluding hydrogens is 370 g/mol. The van der Waals surface area contributed by atoms with Gasteiger partial charge in [0.15, 0.2) is 0 Å². The van der Waals surface area contributed by atoms with Crippen molar-refractivity contribution in [3.05, 3.63) is 0 Å². The Labute approximate surface area is 115 Å². The maximum absolute atomic E-state index is 11.5. The Bertz CT molecular complexity index is 577. The molecule has 20 heavy (non-hydrogen) atoms. The Balaban J connectivity index is 0. The van der Waals surface area contributed by atoms with Crippen LogP contribution in [-0.2, 0) is 28.4 Å². The molecule has 0 aliphatic rings. The summed E-state index contributed by atoms with van der Waals surface area (Å²) in [7, 11) is -17.4. The second-order valence-electron chi connectivity index (χ2n) is 2.66. The van der Waals surface area contributed by atoms with Crippen LogP contribution < -0.4 is 4.13 Å². The first-order chi connectivity index (χ1) is 8.21. The maximum atomic E-state index is 11.5. The Kier molecular flexibility index (Phi) is 7.05. The summed E-state index contributed by atoms with van der Waals surface area (Å²) in [4.78, 5) is 0. The van der Waals surface area contributed by atoms with E-state index >= 15 is 0 Å². The van der Waals surface area contributed by atoms with Crippen molar-refractivity contribution in [1.29, 1.82) is 0 Å². The summed E-state index contributed by atoms with van der Waals surface area (Å²) in [6, 6.07) is 0. The second kappa shape index (κ2) is 6.35. The topological polar surface area (TPSA) is 114 Å². The molecule has 118 valence electrons. The van der Waals surface area contributed by atoms with Crippen LogP contribution in [0, 0.1) is 0 Å². The van der Waals surface area contributed by atoms with Crippen LogP contribution in [0.15, 0.2) is 0 Å². The summed E-state index contributed by atoms with van der Waals surface area (Å²) in [6.45, 7) is 0. The molecule has 7 nitrogen and oxygen atoms in total. The SMILES string of the molecule is O=S(=O)(NS(=O)(=O)C(F)(F)F)C(F)(F)F.[Li][S](=O)(=O)F. The van der Waals surface area contributed by atoms with Crippen molar-refractivity contribution in [2.75, 3.05) is 0 Å². The predicted molar refractivity (Wildman–Crippen MR) is 48.9 cm³/mol. The van der Waals surface area contributed by atoms with Crippen LogP contribution in [-0.4, -0.2) is 52.8 Å². The molecule has 0 unspecified atom stereocenters. The molecule has 0 saturated carbocycles. The zero-order chi connectivity index (χ0) is 17.2. The van der Waals surface area contributed by atoms with Crippen molar-refractivity contribution in [2.45, 2.75) is 11.0 Å². The number of halogens is 7. The number of hydrogen-bond donors (Lipinski definition) is 1. The summed E-state index contributed by atoms with van der Waals surface area (Å²) in [5.74, 6) is 0. The second-order valence-corrected chi connectivity index (χ2v) is 7.63. The first-order valence-electron chi connectivity index (χ1n) is 3.51. The Morgan fingerprint density at radius 2 is 0.850 bits per heavy atom. The molecule has 0 aromatic carbocycles. The number of sulfonamides is 2. The van der Waals surface area contributed by atoms with E-state index in [0.717, 1.165) is 0 Å². The van der Waals surface area contributed by atoms with Gasteiger partial charge in [0.25, 0.3) is 0 Å². The number of alkyl halides is 6. The van der Waals surface area contributed by atoms with Crippen molar-refractivity contribution < 1.29 is 55.5 Å². The third-order valence-electron chi connectivity index (χ3n) is 0.829. The van der Waals surface area contributed by atoms with E-state index < -0.39 is 43.5 Å². The van der Waals surface area contributed by atoms with Gasteiger partial charge in [-0.2, -0.15) is 26.3 Å². The summed E-state index contributed by atoms with van der Waals surface area (Å²) in [6.07, 6.45) is 0. The van der Waals surface area contributed by atoms with Crippen LogP contribution in [0.25, 0.3) is 0 Å². The van der Waals surface area contributed by atoms with Crippen molar-refractivity contribution in [1.82, 2.24) is 4.13 Å². The zero-order valence-electron chi connectivity index (χ0n) is 8.82. The van der Waals surface area contributed by atoms with Crippen molar-refractivity contribution in [2.24, 2.45) is 0 Å². The molecule has 1 N–H and O–H groups in total. The monoisotopic (exact) mass is 371 g/mol. The van der Waals surface area contributed by atoms with E-state index in [9.17, 15) is 47.1 Å². The van der Waals surface area contributed by atoms with Gasteiger partial charge in [-0.3, -0.25) is 0 Å². The van der Waals surface area contributed by atoms with Gasteiger partial charge in [0.2, 0.25) is 0 Å². The first kappa shape index (κ1) is 22.2. The molecule has 0 aromatic heterocycles. The Morgan fingerprint density at radius 3 is 0.950 bits per heavy atom. The van der Waals surface area contributed by atoms with Crippen LogP contribution in [0.4, 0.5) is 30.2 Å². The molecule has 0 rings (SSSR count). The predicted octanol–water partition coefficient (Wildman–Crippen LogP) is -0.356. The Hall–Kier alpha value is -0.0826. The summed E-state index contributed by atoms with van der Waals surface area (Å²) in [5, 5.41) is 0. The molecule has 0 bridgehead atoms.